The Morgan fingerprint density at radius 1 is 1.33 bits per heavy atom. The third-order valence-electron chi connectivity index (χ3n) is 3.66. The van der Waals surface area contributed by atoms with E-state index in [1.165, 1.54) is 0 Å². The van der Waals surface area contributed by atoms with E-state index in [2.05, 4.69) is 46.1 Å². The molecule has 0 spiro atoms. The maximum atomic E-state index is 4.43. The molecule has 0 amide bonds. The molecule has 2 unspecified atom stereocenters. The molecule has 0 aromatic carbocycles. The van der Waals surface area contributed by atoms with E-state index in [1.54, 1.807) is 6.20 Å². The third-order valence-corrected chi connectivity index (χ3v) is 3.66. The second-order valence-corrected chi connectivity index (χ2v) is 5.35. The van der Waals surface area contributed by atoms with Crippen LogP contribution in [0.25, 0.3) is 0 Å². The molecule has 0 radical (unpaired) electrons. The molecule has 1 N–H and O–H groups in total. The summed E-state index contributed by atoms with van der Waals surface area (Å²) in [5.41, 5.74) is 1.04. The molecule has 2 atom stereocenters. The van der Waals surface area contributed by atoms with Crippen LogP contribution in [0.5, 0.6) is 0 Å². The van der Waals surface area contributed by atoms with E-state index in [9.17, 15) is 0 Å². The van der Waals surface area contributed by atoms with Crippen molar-refractivity contribution in [1.29, 1.82) is 0 Å². The lowest BCUT2D eigenvalue weighted by Gasteiger charge is -2.22. The number of rotatable bonds is 4. The lowest BCUT2D eigenvalue weighted by molar-refractivity contribution is 0.249. The second-order valence-electron chi connectivity index (χ2n) is 5.35. The van der Waals surface area contributed by atoms with E-state index in [4.69, 9.17) is 0 Å². The minimum absolute atomic E-state index is 0.648. The van der Waals surface area contributed by atoms with Crippen molar-refractivity contribution >= 4 is 5.82 Å². The van der Waals surface area contributed by atoms with E-state index < -0.39 is 0 Å². The number of anilines is 1. The number of nitrogens with one attached hydrogen (secondary N) is 1. The van der Waals surface area contributed by atoms with Gasteiger partial charge in [-0.2, -0.15) is 0 Å². The lowest BCUT2D eigenvalue weighted by atomic mass is 10.1. The van der Waals surface area contributed by atoms with Crippen molar-refractivity contribution in [2.75, 3.05) is 39.5 Å². The van der Waals surface area contributed by atoms with Crippen LogP contribution in [-0.4, -0.2) is 60.0 Å². The Hall–Kier alpha value is -1.20. The molecule has 5 heteroatoms. The first-order chi connectivity index (χ1) is 8.60. The van der Waals surface area contributed by atoms with Gasteiger partial charge in [-0.05, 0) is 20.0 Å². The topological polar surface area (TPSA) is 44.3 Å². The molecule has 18 heavy (non-hydrogen) atoms. The summed E-state index contributed by atoms with van der Waals surface area (Å²) in [6.07, 6.45) is 3.65. The van der Waals surface area contributed by atoms with E-state index in [0.29, 0.717) is 12.0 Å². The zero-order valence-corrected chi connectivity index (χ0v) is 11.7. The van der Waals surface area contributed by atoms with Gasteiger partial charge in [0, 0.05) is 32.7 Å². The molecule has 0 saturated carbocycles. The van der Waals surface area contributed by atoms with Gasteiger partial charge in [-0.3, -0.25) is 9.88 Å². The van der Waals surface area contributed by atoms with Crippen LogP contribution in [-0.2, 0) is 6.54 Å². The summed E-state index contributed by atoms with van der Waals surface area (Å²) in [5, 5.41) is 2.98. The van der Waals surface area contributed by atoms with Gasteiger partial charge in [0.05, 0.1) is 18.1 Å². The van der Waals surface area contributed by atoms with Gasteiger partial charge in [-0.15, -0.1) is 0 Å². The molecule has 1 aromatic heterocycles. The maximum Gasteiger partial charge on any atom is 0.144 e. The molecule has 0 bridgehead atoms. The Labute approximate surface area is 109 Å². The molecule has 1 saturated heterocycles. The standard InChI is InChI=1S/C13H23N5/c1-10-7-18(9-12(10)17(3)4)8-11-5-16-13(14-2)6-15-11/h5-6,10,12H,7-9H2,1-4H3,(H,14,16). The number of hydrogen-bond donors (Lipinski definition) is 1. The van der Waals surface area contributed by atoms with Crippen molar-refractivity contribution < 1.29 is 0 Å². The van der Waals surface area contributed by atoms with Crippen molar-refractivity contribution in [3.8, 4) is 0 Å². The van der Waals surface area contributed by atoms with Gasteiger partial charge < -0.3 is 10.2 Å². The minimum Gasteiger partial charge on any atom is -0.372 e. The predicted octanol–water partition coefficient (Wildman–Crippen LogP) is 0.900. The van der Waals surface area contributed by atoms with E-state index in [-0.39, 0.29) is 0 Å². The fraction of sp³-hybridized carbons (Fsp3) is 0.692. The van der Waals surface area contributed by atoms with Crippen LogP contribution in [0.1, 0.15) is 12.6 Å². The summed E-state index contributed by atoms with van der Waals surface area (Å²) in [7, 11) is 6.17. The number of likely N-dealkylation sites (tertiary alicyclic amines) is 1. The van der Waals surface area contributed by atoms with E-state index >= 15 is 0 Å². The Bertz CT molecular complexity index is 375. The summed E-state index contributed by atoms with van der Waals surface area (Å²) >= 11 is 0. The highest BCUT2D eigenvalue weighted by atomic mass is 15.2. The SMILES string of the molecule is CNc1cnc(CN2CC(C)C(N(C)C)C2)cn1. The van der Waals surface area contributed by atoms with E-state index in [0.717, 1.165) is 31.1 Å². The Balaban J connectivity index is 1.94. The molecule has 1 aliphatic rings. The molecule has 2 rings (SSSR count). The fourth-order valence-electron chi connectivity index (χ4n) is 2.64. The molecular weight excluding hydrogens is 226 g/mol. The Morgan fingerprint density at radius 3 is 2.61 bits per heavy atom. The maximum absolute atomic E-state index is 4.43. The van der Waals surface area contributed by atoms with Crippen molar-refractivity contribution in [2.45, 2.75) is 19.5 Å². The normalized spacial score (nSPS) is 24.7. The van der Waals surface area contributed by atoms with Crippen molar-refractivity contribution in [3.05, 3.63) is 18.1 Å². The van der Waals surface area contributed by atoms with Crippen LogP contribution in [0, 0.1) is 5.92 Å². The summed E-state index contributed by atoms with van der Waals surface area (Å²) < 4.78 is 0. The van der Waals surface area contributed by atoms with Gasteiger partial charge in [-0.25, -0.2) is 4.98 Å². The van der Waals surface area contributed by atoms with Crippen LogP contribution < -0.4 is 5.32 Å². The molecule has 1 aromatic rings. The molecule has 100 valence electrons. The second kappa shape index (κ2) is 5.63. The quantitative estimate of drug-likeness (QED) is 0.859. The predicted molar refractivity (Wildman–Crippen MR) is 73.5 cm³/mol. The molecular formula is C13H23N5. The van der Waals surface area contributed by atoms with Crippen LogP contribution in [0.3, 0.4) is 0 Å². The monoisotopic (exact) mass is 249 g/mol. The number of likely N-dealkylation sites (N-methyl/N-ethyl adjacent to an activating group) is 1. The first-order valence-corrected chi connectivity index (χ1v) is 6.47. The summed E-state index contributed by atoms with van der Waals surface area (Å²) in [6, 6.07) is 0.648. The average molecular weight is 249 g/mol. The van der Waals surface area contributed by atoms with Crippen molar-refractivity contribution in [2.24, 2.45) is 5.92 Å². The highest BCUT2D eigenvalue weighted by Gasteiger charge is 2.30. The molecule has 5 nitrogen and oxygen atoms in total. The third kappa shape index (κ3) is 2.97. The van der Waals surface area contributed by atoms with Crippen LogP contribution in [0.15, 0.2) is 12.4 Å². The zero-order chi connectivity index (χ0) is 13.1. The Morgan fingerprint density at radius 2 is 2.11 bits per heavy atom. The molecule has 2 heterocycles. The summed E-state index contributed by atoms with van der Waals surface area (Å²) in [4.78, 5) is 13.5. The fourth-order valence-corrected chi connectivity index (χ4v) is 2.64. The first kappa shape index (κ1) is 13.2. The van der Waals surface area contributed by atoms with Crippen molar-refractivity contribution in [3.63, 3.8) is 0 Å². The first-order valence-electron chi connectivity index (χ1n) is 6.47. The largest absolute Gasteiger partial charge is 0.372 e. The smallest absolute Gasteiger partial charge is 0.144 e. The lowest BCUT2D eigenvalue weighted by Crippen LogP contribution is -2.34. The zero-order valence-electron chi connectivity index (χ0n) is 11.7. The van der Waals surface area contributed by atoms with Gasteiger partial charge in [0.2, 0.25) is 0 Å². The van der Waals surface area contributed by atoms with Crippen LogP contribution >= 0.6 is 0 Å². The van der Waals surface area contributed by atoms with Gasteiger partial charge in [0.25, 0.3) is 0 Å². The molecule has 1 fully saturated rings. The van der Waals surface area contributed by atoms with Gasteiger partial charge in [0.15, 0.2) is 0 Å². The number of aromatic nitrogens is 2. The van der Waals surface area contributed by atoms with Gasteiger partial charge >= 0.3 is 0 Å². The van der Waals surface area contributed by atoms with Gasteiger partial charge in [0.1, 0.15) is 5.82 Å². The minimum atomic E-state index is 0.648. The summed E-state index contributed by atoms with van der Waals surface area (Å²) in [5.74, 6) is 1.53. The number of hydrogen-bond acceptors (Lipinski definition) is 5. The van der Waals surface area contributed by atoms with E-state index in [1.807, 2.05) is 13.2 Å². The van der Waals surface area contributed by atoms with Crippen LogP contribution in [0.2, 0.25) is 0 Å². The highest BCUT2D eigenvalue weighted by molar-refractivity contribution is 5.29. The Kier molecular flexibility index (Phi) is 4.14. The molecule has 1 aliphatic heterocycles. The molecule has 0 aliphatic carbocycles. The van der Waals surface area contributed by atoms with Gasteiger partial charge in [-0.1, -0.05) is 6.92 Å². The van der Waals surface area contributed by atoms with Crippen LogP contribution in [0.4, 0.5) is 5.82 Å². The summed E-state index contributed by atoms with van der Waals surface area (Å²) in [6.45, 7) is 5.47. The average Bonchev–Trinajstić information content (AvgIpc) is 2.71. The number of nitrogens with zero attached hydrogens (tertiary/aromatic N) is 4. The van der Waals surface area contributed by atoms with Crippen molar-refractivity contribution in [1.82, 2.24) is 19.8 Å². The highest BCUT2D eigenvalue weighted by Crippen LogP contribution is 2.21.